The van der Waals surface area contributed by atoms with Crippen molar-refractivity contribution in [3.05, 3.63) is 57.9 Å². The van der Waals surface area contributed by atoms with Crippen LogP contribution in [0.15, 0.2) is 35.4 Å². The van der Waals surface area contributed by atoms with Crippen LogP contribution in [0.3, 0.4) is 0 Å². The van der Waals surface area contributed by atoms with Crippen molar-refractivity contribution in [2.75, 3.05) is 0 Å². The van der Waals surface area contributed by atoms with Gasteiger partial charge in [-0.05, 0) is 48.9 Å². The fourth-order valence-electron chi connectivity index (χ4n) is 3.92. The lowest BCUT2D eigenvalue weighted by Crippen LogP contribution is -2.33. The number of benzene rings is 1. The van der Waals surface area contributed by atoms with Crippen molar-refractivity contribution in [3.8, 4) is 23.3 Å². The fraction of sp³-hybridized carbons (Fsp3) is 0.350. The Morgan fingerprint density at radius 3 is 2.75 bits per heavy atom. The first kappa shape index (κ1) is 17.0. The van der Waals surface area contributed by atoms with Gasteiger partial charge in [0.2, 0.25) is 5.88 Å². The molecule has 1 aromatic carbocycles. The Kier molecular flexibility index (Phi) is 3.77. The van der Waals surface area contributed by atoms with E-state index in [0.29, 0.717) is 30.2 Å². The molecule has 1 aliphatic heterocycles. The third-order valence-electron chi connectivity index (χ3n) is 5.62. The number of hydrogen-bond acceptors (Lipinski definition) is 6. The highest BCUT2D eigenvalue weighted by atomic mass is 16.5. The minimum atomic E-state index is -0.434. The second-order valence-corrected chi connectivity index (χ2v) is 7.20. The number of aromatic hydroxyl groups is 1. The summed E-state index contributed by atoms with van der Waals surface area (Å²) in [6, 6.07) is 6.08. The van der Waals surface area contributed by atoms with Gasteiger partial charge in [0.1, 0.15) is 5.75 Å². The lowest BCUT2D eigenvalue weighted by atomic mass is 9.75. The lowest BCUT2D eigenvalue weighted by Gasteiger charge is -2.38. The first-order valence-corrected chi connectivity index (χ1v) is 9.40. The van der Waals surface area contributed by atoms with Crippen LogP contribution < -0.4 is 10.4 Å². The van der Waals surface area contributed by atoms with Crippen molar-refractivity contribution < 1.29 is 14.6 Å². The Balaban J connectivity index is 1.40. The minimum Gasteiger partial charge on any atom is -0.493 e. The van der Waals surface area contributed by atoms with E-state index in [1.54, 1.807) is 0 Å². The number of fused-ring (bicyclic) bond motifs is 2. The lowest BCUT2D eigenvalue weighted by molar-refractivity contribution is -0.0944. The average molecular weight is 380 g/mol. The molecule has 28 heavy (non-hydrogen) atoms. The number of hydrogen-bond donors (Lipinski definition) is 2. The molecular weight excluding hydrogens is 360 g/mol. The van der Waals surface area contributed by atoms with E-state index in [2.05, 4.69) is 15.0 Å². The van der Waals surface area contributed by atoms with Gasteiger partial charge in [-0.2, -0.15) is 0 Å². The SMILES string of the molecule is CCc1[nH]c(=O)n(-c2cnc(Oc3ccc4c(c3)C3(CCC3)OC4)nc2)c1O. The van der Waals surface area contributed by atoms with Gasteiger partial charge in [0.15, 0.2) is 0 Å². The van der Waals surface area contributed by atoms with Crippen LogP contribution in [-0.2, 0) is 23.4 Å². The van der Waals surface area contributed by atoms with Crippen LogP contribution in [0.2, 0.25) is 0 Å². The van der Waals surface area contributed by atoms with Crippen LogP contribution in [0.1, 0.15) is 43.0 Å². The Labute approximate surface area is 160 Å². The number of rotatable bonds is 4. The molecule has 0 unspecified atom stereocenters. The van der Waals surface area contributed by atoms with Crippen LogP contribution in [0.5, 0.6) is 17.6 Å². The van der Waals surface area contributed by atoms with Gasteiger partial charge in [-0.25, -0.2) is 19.3 Å². The summed E-state index contributed by atoms with van der Waals surface area (Å²) in [7, 11) is 0. The zero-order chi connectivity index (χ0) is 19.3. The fourth-order valence-corrected chi connectivity index (χ4v) is 3.92. The second kappa shape index (κ2) is 6.20. The van der Waals surface area contributed by atoms with E-state index < -0.39 is 5.69 Å². The van der Waals surface area contributed by atoms with Crippen LogP contribution in [0.25, 0.3) is 5.69 Å². The van der Waals surface area contributed by atoms with Gasteiger partial charge in [-0.15, -0.1) is 0 Å². The zero-order valence-corrected chi connectivity index (χ0v) is 15.4. The third kappa shape index (κ3) is 2.52. The molecule has 0 saturated heterocycles. The molecule has 2 aromatic heterocycles. The molecule has 3 heterocycles. The number of H-pyrrole nitrogens is 1. The first-order chi connectivity index (χ1) is 13.6. The monoisotopic (exact) mass is 380 g/mol. The van der Waals surface area contributed by atoms with Crippen LogP contribution in [-0.4, -0.2) is 24.6 Å². The van der Waals surface area contributed by atoms with Crippen molar-refractivity contribution in [1.82, 2.24) is 19.5 Å². The van der Waals surface area contributed by atoms with Crippen LogP contribution in [0, 0.1) is 0 Å². The van der Waals surface area contributed by atoms with Crippen molar-refractivity contribution in [2.45, 2.75) is 44.8 Å². The molecule has 2 N–H and O–H groups in total. The molecule has 5 rings (SSSR count). The summed E-state index contributed by atoms with van der Waals surface area (Å²) in [5.41, 5.74) is 2.66. The molecule has 0 bridgehead atoms. The van der Waals surface area contributed by atoms with Gasteiger partial charge >= 0.3 is 11.7 Å². The van der Waals surface area contributed by atoms with E-state index in [1.807, 2.05) is 25.1 Å². The molecule has 1 aliphatic carbocycles. The zero-order valence-electron chi connectivity index (χ0n) is 15.4. The molecule has 2 aliphatic rings. The first-order valence-electron chi connectivity index (χ1n) is 9.40. The standard InChI is InChI=1S/C20H20N4O4/c1-2-16-17(25)24(19(26)23-16)13-9-21-18(22-10-13)28-14-5-4-12-11-27-20(6-3-7-20)15(12)8-14/h4-5,8-10,25H,2-3,6-7,11H2,1H3,(H,23,26). The van der Waals surface area contributed by atoms with E-state index in [0.717, 1.165) is 17.4 Å². The number of aryl methyl sites for hydroxylation is 1. The van der Waals surface area contributed by atoms with E-state index in [-0.39, 0.29) is 17.5 Å². The van der Waals surface area contributed by atoms with Crippen molar-refractivity contribution in [2.24, 2.45) is 0 Å². The predicted molar refractivity (Wildman–Crippen MR) is 99.9 cm³/mol. The number of nitrogens with one attached hydrogen (secondary N) is 1. The van der Waals surface area contributed by atoms with Gasteiger partial charge in [-0.1, -0.05) is 13.0 Å². The minimum absolute atomic E-state index is 0.130. The largest absolute Gasteiger partial charge is 0.493 e. The molecule has 0 radical (unpaired) electrons. The molecule has 1 spiro atoms. The van der Waals surface area contributed by atoms with E-state index >= 15 is 0 Å². The smallest absolute Gasteiger partial charge is 0.333 e. The summed E-state index contributed by atoms with van der Waals surface area (Å²) < 4.78 is 12.9. The molecule has 8 nitrogen and oxygen atoms in total. The average Bonchev–Trinajstić information content (AvgIpc) is 3.19. The Morgan fingerprint density at radius 1 is 1.32 bits per heavy atom. The maximum absolute atomic E-state index is 12.0. The summed E-state index contributed by atoms with van der Waals surface area (Å²) >= 11 is 0. The van der Waals surface area contributed by atoms with Crippen molar-refractivity contribution in [1.29, 1.82) is 0 Å². The maximum atomic E-state index is 12.0. The van der Waals surface area contributed by atoms with Gasteiger partial charge < -0.3 is 19.6 Å². The summed E-state index contributed by atoms with van der Waals surface area (Å²) in [5.74, 6) is 0.521. The van der Waals surface area contributed by atoms with Crippen molar-refractivity contribution in [3.63, 3.8) is 0 Å². The van der Waals surface area contributed by atoms with Gasteiger partial charge in [0, 0.05) is 0 Å². The van der Waals surface area contributed by atoms with Crippen LogP contribution >= 0.6 is 0 Å². The van der Waals surface area contributed by atoms with Gasteiger partial charge in [-0.3, -0.25) is 0 Å². The Hall–Kier alpha value is -3.13. The highest BCUT2D eigenvalue weighted by molar-refractivity contribution is 5.43. The molecule has 0 amide bonds. The highest BCUT2D eigenvalue weighted by Crippen LogP contribution is 2.51. The molecule has 1 saturated carbocycles. The van der Waals surface area contributed by atoms with E-state index in [4.69, 9.17) is 9.47 Å². The Morgan fingerprint density at radius 2 is 2.11 bits per heavy atom. The molecule has 144 valence electrons. The quantitative estimate of drug-likeness (QED) is 0.721. The maximum Gasteiger partial charge on any atom is 0.333 e. The summed E-state index contributed by atoms with van der Waals surface area (Å²) in [6.45, 7) is 2.49. The van der Waals surface area contributed by atoms with Crippen LogP contribution in [0.4, 0.5) is 0 Å². The number of aromatic nitrogens is 4. The van der Waals surface area contributed by atoms with E-state index in [1.165, 1.54) is 29.9 Å². The molecule has 8 heteroatoms. The second-order valence-electron chi connectivity index (χ2n) is 7.20. The molecule has 1 fully saturated rings. The summed E-state index contributed by atoms with van der Waals surface area (Å²) in [4.78, 5) is 23.0. The highest BCUT2D eigenvalue weighted by Gasteiger charge is 2.45. The topological polar surface area (TPSA) is 102 Å². The summed E-state index contributed by atoms with van der Waals surface area (Å²) in [5, 5.41) is 10.2. The number of ether oxygens (including phenoxy) is 2. The molecule has 3 aromatic rings. The molecular formula is C20H20N4O4. The van der Waals surface area contributed by atoms with E-state index in [9.17, 15) is 9.90 Å². The predicted octanol–water partition coefficient (Wildman–Crippen LogP) is 2.93. The molecule has 0 atom stereocenters. The summed E-state index contributed by atoms with van der Waals surface area (Å²) in [6.07, 6.45) is 6.67. The van der Waals surface area contributed by atoms with Crippen molar-refractivity contribution >= 4 is 0 Å². The number of nitrogens with zero attached hydrogens (tertiary/aromatic N) is 3. The third-order valence-corrected chi connectivity index (χ3v) is 5.62. The normalized spacial score (nSPS) is 16.8. The Bertz CT molecular complexity index is 1100. The number of imidazole rings is 1. The van der Waals surface area contributed by atoms with Gasteiger partial charge in [0.05, 0.1) is 36.0 Å². The number of aromatic amines is 1. The van der Waals surface area contributed by atoms with Gasteiger partial charge in [0.25, 0.3) is 0 Å².